The van der Waals surface area contributed by atoms with Crippen LogP contribution in [0.15, 0.2) is 18.3 Å². The van der Waals surface area contributed by atoms with E-state index in [9.17, 15) is 9.59 Å². The van der Waals surface area contributed by atoms with Crippen molar-refractivity contribution in [1.82, 2.24) is 10.3 Å². The van der Waals surface area contributed by atoms with Crippen LogP contribution < -0.4 is 5.32 Å². The fourth-order valence-corrected chi connectivity index (χ4v) is 1.68. The zero-order chi connectivity index (χ0) is 14.1. The summed E-state index contributed by atoms with van der Waals surface area (Å²) >= 11 is 5.63. The Balaban J connectivity index is 2.11. The second kappa shape index (κ2) is 8.48. The Morgan fingerprint density at radius 1 is 1.21 bits per heavy atom. The van der Waals surface area contributed by atoms with Gasteiger partial charge in [0.25, 0.3) is 5.91 Å². The molecule has 6 heteroatoms. The highest BCUT2D eigenvalue weighted by Gasteiger charge is 2.04. The molecule has 1 rings (SSSR count). The number of carboxylic acid groups (broad SMARTS) is 1. The monoisotopic (exact) mass is 284 g/mol. The Bertz CT molecular complexity index is 420. The molecule has 0 fully saturated rings. The first-order valence-corrected chi connectivity index (χ1v) is 6.59. The van der Waals surface area contributed by atoms with Gasteiger partial charge in [0.05, 0.1) is 5.56 Å². The van der Waals surface area contributed by atoms with Crippen molar-refractivity contribution in [3.63, 3.8) is 0 Å². The van der Waals surface area contributed by atoms with Crippen LogP contribution in [0.2, 0.25) is 5.15 Å². The molecule has 1 heterocycles. The van der Waals surface area contributed by atoms with E-state index in [-0.39, 0.29) is 12.3 Å². The SMILES string of the molecule is O=C(O)CCCCCCNC(=O)c1ccc(Cl)nc1. The second-order valence-electron chi connectivity index (χ2n) is 4.18. The van der Waals surface area contributed by atoms with E-state index in [1.54, 1.807) is 12.1 Å². The Hall–Kier alpha value is -1.62. The van der Waals surface area contributed by atoms with Crippen molar-refractivity contribution in [2.24, 2.45) is 0 Å². The van der Waals surface area contributed by atoms with E-state index in [0.717, 1.165) is 19.3 Å². The van der Waals surface area contributed by atoms with Gasteiger partial charge < -0.3 is 10.4 Å². The Labute approximate surface area is 117 Å². The van der Waals surface area contributed by atoms with Crippen molar-refractivity contribution in [2.75, 3.05) is 6.54 Å². The molecular formula is C13H17ClN2O3. The van der Waals surface area contributed by atoms with Gasteiger partial charge in [-0.25, -0.2) is 4.98 Å². The summed E-state index contributed by atoms with van der Waals surface area (Å²) in [7, 11) is 0. The molecule has 0 saturated carbocycles. The van der Waals surface area contributed by atoms with E-state index in [2.05, 4.69) is 10.3 Å². The van der Waals surface area contributed by atoms with Crippen molar-refractivity contribution in [1.29, 1.82) is 0 Å². The molecule has 0 aliphatic rings. The average Bonchev–Trinajstić information content (AvgIpc) is 2.38. The van der Waals surface area contributed by atoms with E-state index >= 15 is 0 Å². The van der Waals surface area contributed by atoms with Crippen LogP contribution in [0.1, 0.15) is 42.5 Å². The number of pyridine rings is 1. The van der Waals surface area contributed by atoms with Crippen molar-refractivity contribution in [3.8, 4) is 0 Å². The minimum absolute atomic E-state index is 0.172. The van der Waals surface area contributed by atoms with Gasteiger partial charge in [-0.15, -0.1) is 0 Å². The maximum atomic E-state index is 11.7. The molecule has 0 spiro atoms. The summed E-state index contributed by atoms with van der Waals surface area (Å²) in [6, 6.07) is 3.19. The standard InChI is InChI=1S/C13H17ClN2O3/c14-11-7-6-10(9-16-11)13(19)15-8-4-2-1-3-5-12(17)18/h6-7,9H,1-5,8H2,(H,15,19)(H,17,18). The van der Waals surface area contributed by atoms with Gasteiger partial charge in [-0.1, -0.05) is 24.4 Å². The fraction of sp³-hybridized carbons (Fsp3) is 0.462. The zero-order valence-corrected chi connectivity index (χ0v) is 11.3. The highest BCUT2D eigenvalue weighted by Crippen LogP contribution is 2.05. The summed E-state index contributed by atoms with van der Waals surface area (Å²) in [5.74, 6) is -0.932. The van der Waals surface area contributed by atoms with E-state index < -0.39 is 5.97 Å². The number of carbonyl (C=O) groups excluding carboxylic acids is 1. The third-order valence-corrected chi connectivity index (χ3v) is 2.82. The van der Waals surface area contributed by atoms with Crippen LogP contribution >= 0.6 is 11.6 Å². The number of nitrogens with one attached hydrogen (secondary N) is 1. The van der Waals surface area contributed by atoms with Crippen LogP contribution in [-0.4, -0.2) is 28.5 Å². The third kappa shape index (κ3) is 6.76. The van der Waals surface area contributed by atoms with Gasteiger partial charge in [0.2, 0.25) is 0 Å². The predicted octanol–water partition coefficient (Wildman–Crippen LogP) is 2.50. The normalized spacial score (nSPS) is 10.2. The summed E-state index contributed by atoms with van der Waals surface area (Å²) in [6.07, 6.45) is 4.95. The minimum Gasteiger partial charge on any atom is -0.481 e. The van der Waals surface area contributed by atoms with E-state index in [0.29, 0.717) is 23.7 Å². The summed E-state index contributed by atoms with van der Waals surface area (Å²) in [5, 5.41) is 11.6. The Kier molecular flexibility index (Phi) is 6.89. The van der Waals surface area contributed by atoms with Crippen LogP contribution in [-0.2, 0) is 4.79 Å². The molecule has 0 atom stereocenters. The van der Waals surface area contributed by atoms with Gasteiger partial charge in [0, 0.05) is 19.2 Å². The third-order valence-electron chi connectivity index (χ3n) is 2.59. The van der Waals surface area contributed by atoms with Crippen LogP contribution in [0.5, 0.6) is 0 Å². The minimum atomic E-state index is -0.761. The van der Waals surface area contributed by atoms with E-state index in [1.807, 2.05) is 0 Å². The number of rotatable bonds is 8. The molecule has 104 valence electrons. The maximum absolute atomic E-state index is 11.7. The first kappa shape index (κ1) is 15.4. The molecule has 0 unspecified atom stereocenters. The lowest BCUT2D eigenvalue weighted by molar-refractivity contribution is -0.137. The number of amides is 1. The summed E-state index contributed by atoms with van der Waals surface area (Å²) in [6.45, 7) is 0.578. The molecule has 0 aliphatic heterocycles. The highest BCUT2D eigenvalue weighted by molar-refractivity contribution is 6.29. The molecule has 0 aliphatic carbocycles. The smallest absolute Gasteiger partial charge is 0.303 e. The lowest BCUT2D eigenvalue weighted by Crippen LogP contribution is -2.24. The first-order valence-electron chi connectivity index (χ1n) is 6.21. The Morgan fingerprint density at radius 2 is 1.95 bits per heavy atom. The Morgan fingerprint density at radius 3 is 2.58 bits per heavy atom. The first-order chi connectivity index (χ1) is 9.09. The molecule has 0 saturated heterocycles. The molecule has 19 heavy (non-hydrogen) atoms. The molecule has 1 amide bonds. The number of carboxylic acids is 1. The molecule has 1 aromatic rings. The van der Waals surface area contributed by atoms with Crippen molar-refractivity contribution in [3.05, 3.63) is 29.0 Å². The molecule has 1 aromatic heterocycles. The number of aliphatic carboxylic acids is 1. The summed E-state index contributed by atoms with van der Waals surface area (Å²) in [5.41, 5.74) is 0.482. The molecule has 0 radical (unpaired) electrons. The fourth-order valence-electron chi connectivity index (χ4n) is 1.57. The van der Waals surface area contributed by atoms with Crippen LogP contribution in [0.3, 0.4) is 0 Å². The number of nitrogens with zero attached hydrogens (tertiary/aromatic N) is 1. The van der Waals surface area contributed by atoms with Crippen molar-refractivity contribution < 1.29 is 14.7 Å². The average molecular weight is 285 g/mol. The van der Waals surface area contributed by atoms with E-state index in [1.165, 1.54) is 6.20 Å². The largest absolute Gasteiger partial charge is 0.481 e. The van der Waals surface area contributed by atoms with Crippen LogP contribution in [0.25, 0.3) is 0 Å². The molecule has 5 nitrogen and oxygen atoms in total. The number of unbranched alkanes of at least 4 members (excludes halogenated alkanes) is 3. The highest BCUT2D eigenvalue weighted by atomic mass is 35.5. The van der Waals surface area contributed by atoms with Crippen molar-refractivity contribution >= 4 is 23.5 Å². The molecule has 2 N–H and O–H groups in total. The van der Waals surface area contributed by atoms with Crippen LogP contribution in [0.4, 0.5) is 0 Å². The van der Waals surface area contributed by atoms with Crippen molar-refractivity contribution in [2.45, 2.75) is 32.1 Å². The zero-order valence-electron chi connectivity index (χ0n) is 10.6. The quantitative estimate of drug-likeness (QED) is 0.568. The number of hydrogen-bond acceptors (Lipinski definition) is 3. The molecule has 0 aromatic carbocycles. The van der Waals surface area contributed by atoms with Gasteiger partial charge in [-0.3, -0.25) is 9.59 Å². The molecular weight excluding hydrogens is 268 g/mol. The van der Waals surface area contributed by atoms with Gasteiger partial charge in [0.1, 0.15) is 5.15 Å². The number of hydrogen-bond donors (Lipinski definition) is 2. The number of carbonyl (C=O) groups is 2. The van der Waals surface area contributed by atoms with Gasteiger partial charge >= 0.3 is 5.97 Å². The summed E-state index contributed by atoms with van der Waals surface area (Å²) < 4.78 is 0. The van der Waals surface area contributed by atoms with Crippen LogP contribution in [0, 0.1) is 0 Å². The number of halogens is 1. The lowest BCUT2D eigenvalue weighted by atomic mass is 10.1. The second-order valence-corrected chi connectivity index (χ2v) is 4.57. The van der Waals surface area contributed by atoms with Gasteiger partial charge in [0.15, 0.2) is 0 Å². The maximum Gasteiger partial charge on any atom is 0.303 e. The topological polar surface area (TPSA) is 79.3 Å². The van der Waals surface area contributed by atoms with E-state index in [4.69, 9.17) is 16.7 Å². The van der Waals surface area contributed by atoms with Gasteiger partial charge in [-0.05, 0) is 25.0 Å². The summed E-state index contributed by atoms with van der Waals surface area (Å²) in [4.78, 5) is 25.8. The predicted molar refractivity (Wildman–Crippen MR) is 72.3 cm³/mol. The molecule has 0 bridgehead atoms. The lowest BCUT2D eigenvalue weighted by Gasteiger charge is -2.04. The van der Waals surface area contributed by atoms with Gasteiger partial charge in [-0.2, -0.15) is 0 Å². The number of aromatic nitrogens is 1.